The zero-order valence-corrected chi connectivity index (χ0v) is 38.5. The molecule has 2 aromatic heterocycles. The van der Waals surface area contributed by atoms with Crippen LogP contribution in [0.15, 0.2) is 64.8 Å². The summed E-state index contributed by atoms with van der Waals surface area (Å²) in [6, 6.07) is 17.9. The molecule has 0 bridgehead atoms. The summed E-state index contributed by atoms with van der Waals surface area (Å²) in [5.74, 6) is 7.19. The number of rotatable bonds is 12. The predicted octanol–water partition coefficient (Wildman–Crippen LogP) is 6.36. The molecule has 0 radical (unpaired) electrons. The lowest BCUT2D eigenvalue weighted by atomic mass is 9.89. The maximum Gasteiger partial charge on any atom is 0.329 e. The Hall–Kier alpha value is -5.75. The molecule has 4 N–H and O–H groups in total. The highest BCUT2D eigenvalue weighted by atomic mass is 32.1. The maximum absolute atomic E-state index is 13.5. The number of amides is 4. The number of imide groups is 1. The van der Waals surface area contributed by atoms with E-state index in [1.165, 1.54) is 4.57 Å². The van der Waals surface area contributed by atoms with E-state index in [0.717, 1.165) is 128 Å². The molecule has 6 heterocycles. The van der Waals surface area contributed by atoms with E-state index in [-0.39, 0.29) is 41.8 Å². The number of thiophene rings is 1. The van der Waals surface area contributed by atoms with Gasteiger partial charge in [-0.2, -0.15) is 0 Å². The highest BCUT2D eigenvalue weighted by molar-refractivity contribution is 7.17. The summed E-state index contributed by atoms with van der Waals surface area (Å²) in [6.45, 7) is 10.4. The first-order valence-electron chi connectivity index (χ1n) is 23.5. The standard InChI is InChI=1S/C51H60N8O5S/c1-32-7-12-38(54-39-30-52-31-39)29-42(32)49(62)53-33(2)40-13-10-36(48-41(40)21-27-65-48)9-8-34-17-23-57(24-18-34)22-5-4-6-47(61)58-25-19-35(20-26-58)37-11-14-43-45(28-37)56(3)51(64)59(43)44-15-16-46(60)55-50(44)63/h7,10-14,21,27-29,33-35,39,44,52,54H,4-6,15-20,22-26,30-31H2,1-3H3,(H,53,62)(H,55,60,63)/t33-,44?/m1/s1. The molecule has 5 aromatic rings. The fourth-order valence-electron chi connectivity index (χ4n) is 10.1. The van der Waals surface area contributed by atoms with Crippen molar-refractivity contribution >= 4 is 61.8 Å². The Labute approximate surface area is 384 Å². The summed E-state index contributed by atoms with van der Waals surface area (Å²) < 4.78 is 4.27. The minimum absolute atomic E-state index is 0.0718. The molecule has 3 aromatic carbocycles. The van der Waals surface area contributed by atoms with Crippen molar-refractivity contribution in [3.63, 3.8) is 0 Å². The average molecular weight is 897 g/mol. The average Bonchev–Trinajstić information content (AvgIpc) is 3.89. The number of carbonyl (C=O) groups excluding carboxylic acids is 4. The van der Waals surface area contributed by atoms with Gasteiger partial charge in [-0.1, -0.05) is 30.0 Å². The zero-order valence-electron chi connectivity index (χ0n) is 37.7. The third-order valence-corrected chi connectivity index (χ3v) is 15.1. The van der Waals surface area contributed by atoms with Crippen molar-refractivity contribution < 1.29 is 19.2 Å². The van der Waals surface area contributed by atoms with Gasteiger partial charge in [0, 0.05) is 68.8 Å². The Morgan fingerprint density at radius 1 is 0.908 bits per heavy atom. The Kier molecular flexibility index (Phi) is 13.3. The molecule has 4 saturated heterocycles. The maximum atomic E-state index is 13.5. The van der Waals surface area contributed by atoms with E-state index in [1.54, 1.807) is 23.0 Å². The van der Waals surface area contributed by atoms with Crippen LogP contribution in [0.1, 0.15) is 115 Å². The lowest BCUT2D eigenvalue weighted by Crippen LogP contribution is -2.51. The second-order valence-electron chi connectivity index (χ2n) is 18.5. The van der Waals surface area contributed by atoms with E-state index < -0.39 is 11.9 Å². The van der Waals surface area contributed by atoms with E-state index in [2.05, 4.69) is 74.6 Å². The lowest BCUT2D eigenvalue weighted by Gasteiger charge is -2.32. The largest absolute Gasteiger partial charge is 0.380 e. The number of aromatic nitrogens is 2. The number of hydrogen-bond acceptors (Lipinski definition) is 9. The molecule has 340 valence electrons. The van der Waals surface area contributed by atoms with Crippen LogP contribution in [0.2, 0.25) is 0 Å². The van der Waals surface area contributed by atoms with Gasteiger partial charge >= 0.3 is 5.69 Å². The monoisotopic (exact) mass is 896 g/mol. The number of nitrogens with one attached hydrogen (secondary N) is 4. The predicted molar refractivity (Wildman–Crippen MR) is 256 cm³/mol. The number of unbranched alkanes of at least 4 members (excludes halogenated alkanes) is 1. The van der Waals surface area contributed by atoms with E-state index in [9.17, 15) is 24.0 Å². The smallest absolute Gasteiger partial charge is 0.329 e. The first-order valence-corrected chi connectivity index (χ1v) is 24.3. The molecule has 0 aliphatic carbocycles. The molecule has 13 nitrogen and oxygen atoms in total. The second-order valence-corrected chi connectivity index (χ2v) is 19.4. The third kappa shape index (κ3) is 9.64. The van der Waals surface area contributed by atoms with Gasteiger partial charge in [-0.3, -0.25) is 33.6 Å². The topological polar surface area (TPSA) is 150 Å². The quantitative estimate of drug-likeness (QED) is 0.0643. The van der Waals surface area contributed by atoms with Crippen LogP contribution in [0.5, 0.6) is 0 Å². The molecule has 4 fully saturated rings. The van der Waals surface area contributed by atoms with Crippen LogP contribution >= 0.6 is 11.3 Å². The van der Waals surface area contributed by atoms with Gasteiger partial charge in [0.05, 0.1) is 27.8 Å². The van der Waals surface area contributed by atoms with Gasteiger partial charge in [-0.15, -0.1) is 11.3 Å². The summed E-state index contributed by atoms with van der Waals surface area (Å²) in [5, 5.41) is 15.7. The highest BCUT2D eigenvalue weighted by Gasteiger charge is 2.32. The van der Waals surface area contributed by atoms with Gasteiger partial charge in [0.15, 0.2) is 0 Å². The molecule has 0 spiro atoms. The van der Waals surface area contributed by atoms with Crippen molar-refractivity contribution in [3.05, 3.63) is 98.3 Å². The van der Waals surface area contributed by atoms with E-state index in [4.69, 9.17) is 0 Å². The number of imidazole rings is 1. The van der Waals surface area contributed by atoms with Crippen molar-refractivity contribution in [1.29, 1.82) is 0 Å². The number of piperidine rings is 3. The molecule has 65 heavy (non-hydrogen) atoms. The van der Waals surface area contributed by atoms with Gasteiger partial charge in [0.25, 0.3) is 5.91 Å². The number of carbonyl (C=O) groups is 4. The number of fused-ring (bicyclic) bond motifs is 2. The van der Waals surface area contributed by atoms with E-state index in [1.807, 2.05) is 42.2 Å². The van der Waals surface area contributed by atoms with Gasteiger partial charge < -0.3 is 25.8 Å². The minimum atomic E-state index is -0.701. The van der Waals surface area contributed by atoms with Gasteiger partial charge in [-0.05, 0) is 148 Å². The highest BCUT2D eigenvalue weighted by Crippen LogP contribution is 2.34. The van der Waals surface area contributed by atoms with Crippen LogP contribution < -0.4 is 27.0 Å². The van der Waals surface area contributed by atoms with Crippen molar-refractivity contribution in [2.45, 2.75) is 95.7 Å². The molecule has 2 atom stereocenters. The number of nitrogens with zero attached hydrogens (tertiary/aromatic N) is 4. The number of anilines is 1. The summed E-state index contributed by atoms with van der Waals surface area (Å²) in [5.41, 5.74) is 7.09. The Morgan fingerprint density at radius 2 is 1.71 bits per heavy atom. The van der Waals surface area contributed by atoms with Crippen molar-refractivity contribution in [1.82, 2.24) is 34.9 Å². The SMILES string of the molecule is Cc1ccc(NC2CNC2)cc1C(=O)N[C@H](C)c1ccc(C#CC2CCN(CCCCC(=O)N3CCC(c4ccc5c(c4)n(C)c(=O)n5C4CCC(=O)NC4=O)CC3)CC2)c2sccc12. The number of benzene rings is 3. The van der Waals surface area contributed by atoms with E-state index in [0.29, 0.717) is 35.9 Å². The lowest BCUT2D eigenvalue weighted by molar-refractivity contribution is -0.136. The summed E-state index contributed by atoms with van der Waals surface area (Å²) in [4.78, 5) is 68.8. The third-order valence-electron chi connectivity index (χ3n) is 14.2. The van der Waals surface area contributed by atoms with Crippen molar-refractivity contribution in [2.24, 2.45) is 13.0 Å². The first kappa shape index (κ1) is 44.5. The molecular weight excluding hydrogens is 837 g/mol. The number of likely N-dealkylation sites (tertiary alicyclic amines) is 2. The molecule has 1 unspecified atom stereocenters. The van der Waals surface area contributed by atoms with Crippen LogP contribution in [0, 0.1) is 24.7 Å². The van der Waals surface area contributed by atoms with E-state index >= 15 is 0 Å². The van der Waals surface area contributed by atoms with Crippen LogP contribution in [0.3, 0.4) is 0 Å². The Morgan fingerprint density at radius 3 is 2.46 bits per heavy atom. The van der Waals surface area contributed by atoms with Crippen molar-refractivity contribution in [3.8, 4) is 11.8 Å². The number of hydrogen-bond donors (Lipinski definition) is 4. The fraction of sp³-hybridized carbons (Fsp3) is 0.471. The zero-order chi connectivity index (χ0) is 45.2. The minimum Gasteiger partial charge on any atom is -0.380 e. The van der Waals surface area contributed by atoms with Crippen LogP contribution in [0.4, 0.5) is 5.69 Å². The van der Waals surface area contributed by atoms with Gasteiger partial charge in [0.2, 0.25) is 17.7 Å². The van der Waals surface area contributed by atoms with Gasteiger partial charge in [-0.25, -0.2) is 4.79 Å². The summed E-state index contributed by atoms with van der Waals surface area (Å²) >= 11 is 1.70. The summed E-state index contributed by atoms with van der Waals surface area (Å²) in [7, 11) is 1.72. The molecular formula is C51H60N8O5S. The summed E-state index contributed by atoms with van der Waals surface area (Å²) in [6.07, 6.45) is 6.78. The molecule has 9 rings (SSSR count). The first-order chi connectivity index (χ1) is 31.5. The van der Waals surface area contributed by atoms with Crippen LogP contribution in [-0.2, 0) is 21.4 Å². The van der Waals surface area contributed by atoms with Crippen LogP contribution in [0.25, 0.3) is 21.1 Å². The molecule has 4 amide bonds. The molecule has 4 aliphatic rings. The Bertz CT molecular complexity index is 2740. The normalized spacial score (nSPS) is 19.4. The Balaban J connectivity index is 0.704. The van der Waals surface area contributed by atoms with Crippen LogP contribution in [-0.4, -0.2) is 94.4 Å². The molecule has 4 aliphatic heterocycles. The molecule has 14 heteroatoms. The number of aryl methyl sites for hydroxylation is 2. The van der Waals surface area contributed by atoms with Gasteiger partial charge in [0.1, 0.15) is 6.04 Å². The fourth-order valence-corrected chi connectivity index (χ4v) is 11.0. The van der Waals surface area contributed by atoms with Crippen molar-refractivity contribution in [2.75, 3.05) is 51.1 Å². The second kappa shape index (κ2) is 19.4. The molecule has 0 saturated carbocycles.